The summed E-state index contributed by atoms with van der Waals surface area (Å²) in [5, 5.41) is 12.0. The zero-order chi connectivity index (χ0) is 29.9. The summed E-state index contributed by atoms with van der Waals surface area (Å²) in [7, 11) is 5.06. The van der Waals surface area contributed by atoms with Crippen LogP contribution in [0.25, 0.3) is 0 Å². The van der Waals surface area contributed by atoms with Gasteiger partial charge in [-0.2, -0.15) is 9.13 Å². The van der Waals surface area contributed by atoms with E-state index in [1.54, 1.807) is 12.1 Å². The molecule has 1 heterocycles. The Bertz CT molecular complexity index is 1450. The van der Waals surface area contributed by atoms with Gasteiger partial charge in [0, 0.05) is 23.4 Å². The maximum atomic E-state index is 12.7. The number of carbonyl (C=O) groups is 1. The van der Waals surface area contributed by atoms with Crippen LogP contribution in [0.1, 0.15) is 16.8 Å². The van der Waals surface area contributed by atoms with Crippen LogP contribution in [-0.4, -0.2) is 47.6 Å². The Kier molecular flexibility index (Phi) is 11.2. The quantitative estimate of drug-likeness (QED) is 0.0839. The number of nitro benzene ring substituents is 1. The van der Waals surface area contributed by atoms with Crippen molar-refractivity contribution < 1.29 is 28.5 Å². The predicted octanol–water partition coefficient (Wildman–Crippen LogP) is 4.83. The van der Waals surface area contributed by atoms with Crippen molar-refractivity contribution in [3.63, 3.8) is 0 Å². The lowest BCUT2D eigenvalue weighted by molar-refractivity contribution is -0.767. The molecular weight excluding hydrogens is 556 g/mol. The van der Waals surface area contributed by atoms with Crippen LogP contribution in [0, 0.1) is 10.1 Å². The summed E-state index contributed by atoms with van der Waals surface area (Å²) in [4.78, 5) is 26.1. The number of hydrogen-bond donors (Lipinski definition) is 0. The molecule has 220 valence electrons. The second-order valence-electron chi connectivity index (χ2n) is 9.79. The summed E-state index contributed by atoms with van der Waals surface area (Å²) in [6.07, 6.45) is 2.33. The van der Waals surface area contributed by atoms with Gasteiger partial charge >= 0.3 is 11.1 Å². The second kappa shape index (κ2) is 15.3. The van der Waals surface area contributed by atoms with E-state index < -0.39 is 11.0 Å². The van der Waals surface area contributed by atoms with E-state index >= 15 is 0 Å². The van der Waals surface area contributed by atoms with Gasteiger partial charge in [-0.15, -0.1) is 0 Å². The molecule has 0 bridgehead atoms. The van der Waals surface area contributed by atoms with Gasteiger partial charge < -0.3 is 14.2 Å². The highest BCUT2D eigenvalue weighted by Crippen LogP contribution is 2.29. The van der Waals surface area contributed by atoms with Crippen LogP contribution in [0.3, 0.4) is 0 Å². The number of nitrogens with zero attached hydrogens (tertiary/aromatic N) is 4. The number of ether oxygens (including phenoxy) is 3. The van der Waals surface area contributed by atoms with Crippen LogP contribution in [-0.2, 0) is 52.1 Å². The third kappa shape index (κ3) is 8.49. The zero-order valence-corrected chi connectivity index (χ0v) is 24.7. The van der Waals surface area contributed by atoms with Gasteiger partial charge in [0.1, 0.15) is 17.9 Å². The molecule has 1 atom stereocenters. The van der Waals surface area contributed by atoms with Crippen molar-refractivity contribution in [1.82, 2.24) is 9.47 Å². The average molecular weight is 592 g/mol. The lowest BCUT2D eigenvalue weighted by atomic mass is 10.1. The Hall–Kier alpha value is -4.03. The van der Waals surface area contributed by atoms with E-state index in [4.69, 9.17) is 14.2 Å². The minimum atomic E-state index is -0.520. The van der Waals surface area contributed by atoms with Crippen molar-refractivity contribution in [1.29, 1.82) is 0 Å². The average Bonchev–Trinajstić information content (AvgIpc) is 3.31. The van der Waals surface area contributed by atoms with Gasteiger partial charge in [0.05, 0.1) is 25.2 Å². The molecule has 0 fully saturated rings. The number of non-ortho nitro benzene ring substituents is 1. The smallest absolute Gasteiger partial charge is 0.326 e. The summed E-state index contributed by atoms with van der Waals surface area (Å²) in [6, 6.07) is 25.7. The molecule has 3 aromatic carbocycles. The van der Waals surface area contributed by atoms with E-state index in [2.05, 4.69) is 0 Å². The molecule has 1 aromatic heterocycles. The molecule has 42 heavy (non-hydrogen) atoms. The fourth-order valence-electron chi connectivity index (χ4n) is 4.31. The summed E-state index contributed by atoms with van der Waals surface area (Å²) >= 11 is 1.44. The lowest BCUT2D eigenvalue weighted by Crippen LogP contribution is -2.39. The fraction of sp³-hybridized carbons (Fsp3) is 0.290. The molecule has 0 spiro atoms. The van der Waals surface area contributed by atoms with Crippen LogP contribution in [0.5, 0.6) is 0 Å². The third-order valence-electron chi connectivity index (χ3n) is 6.56. The Morgan fingerprint density at radius 2 is 1.55 bits per heavy atom. The number of carbonyl (C=O) groups excluding carboxylic acids is 1. The summed E-state index contributed by atoms with van der Waals surface area (Å²) in [5.74, 6) is -0.339. The van der Waals surface area contributed by atoms with E-state index in [9.17, 15) is 14.9 Å². The summed E-state index contributed by atoms with van der Waals surface area (Å²) in [6.45, 7) is 1.28. The number of benzene rings is 3. The van der Waals surface area contributed by atoms with Crippen molar-refractivity contribution in [3.8, 4) is 0 Å². The first-order valence-electron chi connectivity index (χ1n) is 13.4. The largest absolute Gasteiger partial charge is 0.468 e. The number of methoxy groups -OCH3 is 1. The van der Waals surface area contributed by atoms with Crippen molar-refractivity contribution in [2.75, 3.05) is 21.2 Å². The summed E-state index contributed by atoms with van der Waals surface area (Å²) in [5.41, 5.74) is 2.95. The van der Waals surface area contributed by atoms with Crippen molar-refractivity contribution in [3.05, 3.63) is 118 Å². The second-order valence-corrected chi connectivity index (χ2v) is 10.8. The maximum absolute atomic E-state index is 12.7. The molecule has 0 radical (unpaired) electrons. The fourth-order valence-corrected chi connectivity index (χ4v) is 5.29. The van der Waals surface area contributed by atoms with Crippen LogP contribution in [0.2, 0.25) is 0 Å². The van der Waals surface area contributed by atoms with Gasteiger partial charge in [-0.05, 0) is 49.1 Å². The number of likely N-dealkylation sites (N-methyl/N-ethyl adjacent to an activating group) is 1. The Morgan fingerprint density at radius 1 is 0.952 bits per heavy atom. The number of nitro groups is 1. The van der Waals surface area contributed by atoms with Crippen LogP contribution < -0.4 is 4.57 Å². The molecule has 0 unspecified atom stereocenters. The van der Waals surface area contributed by atoms with Gasteiger partial charge in [-0.25, -0.2) is 0 Å². The Labute approximate surface area is 249 Å². The number of esters is 1. The van der Waals surface area contributed by atoms with E-state index in [1.807, 2.05) is 95.0 Å². The van der Waals surface area contributed by atoms with Crippen LogP contribution in [0.15, 0.2) is 101 Å². The molecule has 10 nitrogen and oxygen atoms in total. The highest BCUT2D eigenvalue weighted by atomic mass is 32.2. The Balaban J connectivity index is 1.68. The first-order valence-corrected chi connectivity index (χ1v) is 14.2. The highest BCUT2D eigenvalue weighted by Gasteiger charge is 2.31. The molecule has 4 rings (SSSR count). The summed E-state index contributed by atoms with van der Waals surface area (Å²) < 4.78 is 21.3. The van der Waals surface area contributed by atoms with Crippen LogP contribution in [0.4, 0.5) is 5.69 Å². The number of aromatic nitrogens is 2. The predicted molar refractivity (Wildman–Crippen MR) is 158 cm³/mol. The van der Waals surface area contributed by atoms with E-state index in [0.29, 0.717) is 19.6 Å². The van der Waals surface area contributed by atoms with Crippen LogP contribution >= 0.6 is 11.8 Å². The van der Waals surface area contributed by atoms with Gasteiger partial charge in [-0.3, -0.25) is 19.8 Å². The number of imidazole rings is 1. The number of rotatable bonds is 15. The third-order valence-corrected chi connectivity index (χ3v) is 7.70. The molecule has 0 N–H and O–H groups in total. The van der Waals surface area contributed by atoms with E-state index in [-0.39, 0.29) is 25.1 Å². The molecule has 0 aliphatic heterocycles. The molecule has 0 saturated carbocycles. The highest BCUT2D eigenvalue weighted by molar-refractivity contribution is 7.99. The van der Waals surface area contributed by atoms with Gasteiger partial charge in [0.15, 0.2) is 13.5 Å². The van der Waals surface area contributed by atoms with Crippen molar-refractivity contribution in [2.24, 2.45) is 0 Å². The molecule has 4 aromatic rings. The minimum Gasteiger partial charge on any atom is -0.468 e. The SMILES string of the molecule is COC(=O)[C@H](Cc1c[n+](COCc2ccccc2)c(Sc2ccc([N+](=O)[O-])cc2)n1COCc1ccccc1)N(C)C. The normalized spacial score (nSPS) is 11.9. The maximum Gasteiger partial charge on any atom is 0.326 e. The first-order chi connectivity index (χ1) is 20.4. The number of hydrogen-bond acceptors (Lipinski definition) is 8. The zero-order valence-electron chi connectivity index (χ0n) is 23.9. The monoisotopic (exact) mass is 591 g/mol. The van der Waals surface area contributed by atoms with Gasteiger partial charge in [0.2, 0.25) is 0 Å². The lowest BCUT2D eigenvalue weighted by Gasteiger charge is -2.20. The standard InChI is InChI=1S/C31H35N4O6S/c1-32(2)29(30(36)39-3)18-27-19-33(22-40-20-24-10-6-4-7-11-24)31(42-28-16-14-26(15-17-28)35(37)38)34(27)23-41-21-25-12-8-5-9-13-25/h4-17,19,29H,18,20-23H2,1-3H3/q+1/t29-/m0/s1. The van der Waals surface area contributed by atoms with E-state index in [1.165, 1.54) is 31.0 Å². The van der Waals surface area contributed by atoms with Crippen molar-refractivity contribution in [2.45, 2.75) is 49.2 Å². The minimum absolute atomic E-state index is 0.0209. The molecular formula is C31H35N4O6S+. The molecule has 0 saturated heterocycles. The van der Waals surface area contributed by atoms with Gasteiger partial charge in [0.25, 0.3) is 5.69 Å². The molecule has 0 aliphatic rings. The Morgan fingerprint density at radius 3 is 2.10 bits per heavy atom. The van der Waals surface area contributed by atoms with E-state index in [0.717, 1.165) is 26.9 Å². The van der Waals surface area contributed by atoms with Crippen molar-refractivity contribution >= 4 is 23.4 Å². The first kappa shape index (κ1) is 30.9. The van der Waals surface area contributed by atoms with Gasteiger partial charge in [-0.1, -0.05) is 60.7 Å². The topological polar surface area (TPSA) is 99.9 Å². The molecule has 0 aliphatic carbocycles. The molecule has 0 amide bonds. The molecule has 11 heteroatoms.